The molecule has 0 radical (unpaired) electrons. The number of fused-ring (bicyclic) bond motifs is 2. The summed E-state index contributed by atoms with van der Waals surface area (Å²) in [5, 5.41) is 20.4. The summed E-state index contributed by atoms with van der Waals surface area (Å²) in [5.74, 6) is -1.88. The van der Waals surface area contributed by atoms with Crippen LogP contribution in [-0.2, 0) is 27.1 Å². The van der Waals surface area contributed by atoms with E-state index in [4.69, 9.17) is 9.47 Å². The molecule has 0 N–H and O–H groups in total. The van der Waals surface area contributed by atoms with Gasteiger partial charge in [0.1, 0.15) is 17.7 Å². The van der Waals surface area contributed by atoms with Crippen molar-refractivity contribution in [3.8, 4) is 23.4 Å². The molecular formula is C26H17N3O3. The summed E-state index contributed by atoms with van der Waals surface area (Å²) in [6.07, 6.45) is 1.36. The van der Waals surface area contributed by atoms with E-state index in [1.807, 2.05) is 65.2 Å². The minimum atomic E-state index is -1.62. The van der Waals surface area contributed by atoms with E-state index in [-0.39, 0.29) is 5.57 Å². The first-order valence-corrected chi connectivity index (χ1v) is 10.0. The Labute approximate surface area is 184 Å². The van der Waals surface area contributed by atoms with Crippen LogP contribution in [0.25, 0.3) is 22.6 Å². The lowest BCUT2D eigenvalue weighted by Gasteiger charge is -2.36. The molecule has 1 unspecified atom stereocenters. The molecule has 0 aliphatic carbocycles. The maximum Gasteiger partial charge on any atom is 0.334 e. The normalized spacial score (nSPS) is 19.0. The fourth-order valence-corrected chi connectivity index (χ4v) is 4.46. The van der Waals surface area contributed by atoms with Crippen molar-refractivity contribution < 1.29 is 14.3 Å². The molecule has 1 spiro atoms. The summed E-state index contributed by atoms with van der Waals surface area (Å²) < 4.78 is 13.9. The molecular weight excluding hydrogens is 402 g/mol. The SMILES string of the molecule is CC1=CC(=O)OC12OC(c1ccccc1)=C(C#N)c1c2c(C#N)c(-c2ccccc2)n1C. The molecule has 0 amide bonds. The van der Waals surface area contributed by atoms with Gasteiger partial charge in [0.2, 0.25) is 0 Å². The number of hydrogen-bond acceptors (Lipinski definition) is 5. The predicted octanol–water partition coefficient (Wildman–Crippen LogP) is 4.64. The average molecular weight is 419 g/mol. The van der Waals surface area contributed by atoms with E-state index in [0.717, 1.165) is 5.56 Å². The lowest BCUT2D eigenvalue weighted by molar-refractivity contribution is -0.184. The molecule has 2 aliphatic rings. The maximum absolute atomic E-state index is 12.3. The van der Waals surface area contributed by atoms with Gasteiger partial charge < -0.3 is 14.0 Å². The van der Waals surface area contributed by atoms with Crippen molar-refractivity contribution in [3.63, 3.8) is 0 Å². The number of carbonyl (C=O) groups is 1. The van der Waals surface area contributed by atoms with Gasteiger partial charge in [-0.2, -0.15) is 10.5 Å². The predicted molar refractivity (Wildman–Crippen MR) is 117 cm³/mol. The molecule has 2 aromatic carbocycles. The number of esters is 1. The highest BCUT2D eigenvalue weighted by atomic mass is 16.7. The summed E-state index contributed by atoms with van der Waals surface area (Å²) >= 11 is 0. The lowest BCUT2D eigenvalue weighted by Crippen LogP contribution is -2.36. The molecule has 5 rings (SSSR count). The van der Waals surface area contributed by atoms with Crippen LogP contribution in [0.15, 0.2) is 72.3 Å². The third-order valence-corrected chi connectivity index (χ3v) is 5.84. The third kappa shape index (κ3) is 2.54. The monoisotopic (exact) mass is 419 g/mol. The first-order valence-electron chi connectivity index (χ1n) is 10.0. The van der Waals surface area contributed by atoms with Gasteiger partial charge in [-0.25, -0.2) is 4.79 Å². The third-order valence-electron chi connectivity index (χ3n) is 5.84. The topological polar surface area (TPSA) is 88.0 Å². The molecule has 1 aromatic heterocycles. The molecule has 0 bridgehead atoms. The number of nitriles is 2. The summed E-state index contributed by atoms with van der Waals surface area (Å²) in [6, 6.07) is 23.2. The molecule has 3 heterocycles. The van der Waals surface area contributed by atoms with Crippen LogP contribution in [0.3, 0.4) is 0 Å². The van der Waals surface area contributed by atoms with Crippen LogP contribution in [0.5, 0.6) is 0 Å². The van der Waals surface area contributed by atoms with Crippen LogP contribution in [0.2, 0.25) is 0 Å². The van der Waals surface area contributed by atoms with Crippen LogP contribution in [-0.4, -0.2) is 10.5 Å². The van der Waals surface area contributed by atoms with Crippen LogP contribution in [0.4, 0.5) is 0 Å². The Morgan fingerprint density at radius 3 is 2.03 bits per heavy atom. The molecule has 0 saturated heterocycles. The van der Waals surface area contributed by atoms with E-state index in [2.05, 4.69) is 12.1 Å². The number of carbonyl (C=O) groups excluding carboxylic acids is 1. The molecule has 1 atom stereocenters. The van der Waals surface area contributed by atoms with Crippen LogP contribution >= 0.6 is 0 Å². The van der Waals surface area contributed by atoms with Crippen LogP contribution in [0.1, 0.15) is 29.3 Å². The van der Waals surface area contributed by atoms with E-state index >= 15 is 0 Å². The molecule has 6 heteroatoms. The minimum absolute atomic E-state index is 0.272. The van der Waals surface area contributed by atoms with Crippen molar-refractivity contribution in [2.75, 3.05) is 0 Å². The van der Waals surface area contributed by atoms with Gasteiger partial charge in [-0.15, -0.1) is 0 Å². The number of aromatic nitrogens is 1. The van der Waals surface area contributed by atoms with Crippen molar-refractivity contribution in [3.05, 3.63) is 94.7 Å². The number of hydrogen-bond donors (Lipinski definition) is 0. The van der Waals surface area contributed by atoms with Crippen LogP contribution < -0.4 is 0 Å². The molecule has 154 valence electrons. The second-order valence-corrected chi connectivity index (χ2v) is 7.63. The lowest BCUT2D eigenvalue weighted by atomic mass is 9.88. The zero-order chi connectivity index (χ0) is 22.5. The second-order valence-electron chi connectivity index (χ2n) is 7.63. The summed E-state index contributed by atoms with van der Waals surface area (Å²) in [5.41, 5.74) is 4.05. The van der Waals surface area contributed by atoms with Crippen LogP contribution in [0, 0.1) is 22.7 Å². The largest absolute Gasteiger partial charge is 0.442 e. The van der Waals surface area contributed by atoms with E-state index in [9.17, 15) is 15.3 Å². The molecule has 6 nitrogen and oxygen atoms in total. The van der Waals surface area contributed by atoms with Gasteiger partial charge in [-0.3, -0.25) is 0 Å². The second kappa shape index (κ2) is 7.01. The minimum Gasteiger partial charge on any atom is -0.442 e. The van der Waals surface area contributed by atoms with E-state index < -0.39 is 11.8 Å². The van der Waals surface area contributed by atoms with E-state index in [0.29, 0.717) is 39.4 Å². The van der Waals surface area contributed by atoms with Crippen molar-refractivity contribution >= 4 is 17.3 Å². The van der Waals surface area contributed by atoms with Crippen molar-refractivity contribution in [1.29, 1.82) is 10.5 Å². The summed E-state index contributed by atoms with van der Waals surface area (Å²) in [4.78, 5) is 12.3. The number of ether oxygens (including phenoxy) is 2. The molecule has 2 aliphatic heterocycles. The number of benzene rings is 2. The first kappa shape index (κ1) is 19.4. The highest BCUT2D eigenvalue weighted by molar-refractivity contribution is 6.00. The molecule has 0 saturated carbocycles. The Hall–Kier alpha value is -4.55. The molecule has 32 heavy (non-hydrogen) atoms. The number of allylic oxidation sites excluding steroid dienone is 1. The number of rotatable bonds is 2. The number of nitrogens with zero attached hydrogens (tertiary/aromatic N) is 3. The molecule has 0 fully saturated rings. The quantitative estimate of drug-likeness (QED) is 0.565. The van der Waals surface area contributed by atoms with Crippen molar-refractivity contribution in [2.24, 2.45) is 7.05 Å². The smallest absolute Gasteiger partial charge is 0.334 e. The van der Waals surface area contributed by atoms with Gasteiger partial charge in [-0.1, -0.05) is 60.7 Å². The van der Waals surface area contributed by atoms with Gasteiger partial charge >= 0.3 is 11.8 Å². The Bertz CT molecular complexity index is 1420. The van der Waals surface area contributed by atoms with Gasteiger partial charge in [0.15, 0.2) is 5.76 Å². The zero-order valence-electron chi connectivity index (χ0n) is 17.4. The van der Waals surface area contributed by atoms with Gasteiger partial charge in [0.25, 0.3) is 0 Å². The maximum atomic E-state index is 12.3. The first-order chi connectivity index (χ1) is 15.5. The van der Waals surface area contributed by atoms with Gasteiger partial charge in [-0.05, 0) is 12.5 Å². The van der Waals surface area contributed by atoms with Gasteiger partial charge in [0.05, 0.1) is 22.5 Å². The Balaban J connectivity index is 1.93. The van der Waals surface area contributed by atoms with E-state index in [1.54, 1.807) is 14.0 Å². The fourth-order valence-electron chi connectivity index (χ4n) is 4.46. The highest BCUT2D eigenvalue weighted by Gasteiger charge is 2.54. The Kier molecular flexibility index (Phi) is 4.25. The summed E-state index contributed by atoms with van der Waals surface area (Å²) in [6.45, 7) is 1.73. The fraction of sp³-hybridized carbons (Fsp3) is 0.115. The van der Waals surface area contributed by atoms with Crippen molar-refractivity contribution in [2.45, 2.75) is 12.7 Å². The Morgan fingerprint density at radius 1 is 0.875 bits per heavy atom. The zero-order valence-corrected chi connectivity index (χ0v) is 17.4. The highest BCUT2D eigenvalue weighted by Crippen LogP contribution is 2.53. The van der Waals surface area contributed by atoms with Crippen molar-refractivity contribution in [1.82, 2.24) is 4.57 Å². The van der Waals surface area contributed by atoms with E-state index in [1.165, 1.54) is 6.08 Å². The Morgan fingerprint density at radius 2 is 1.50 bits per heavy atom. The standard InChI is InChI=1S/C26H17N3O3/c1-16-13-21(30)31-26(16)22-19(14-27)23(17-9-5-3-6-10-17)29(2)24(22)20(15-28)25(32-26)18-11-7-4-8-12-18/h3-13H,1-2H3. The molecule has 3 aromatic rings. The average Bonchev–Trinajstić information content (AvgIpc) is 3.28. The van der Waals surface area contributed by atoms with Gasteiger partial charge in [0, 0.05) is 24.3 Å². The summed E-state index contributed by atoms with van der Waals surface area (Å²) in [7, 11) is 1.80.